The molecule has 3 nitrogen and oxygen atoms in total. The summed E-state index contributed by atoms with van der Waals surface area (Å²) in [4.78, 5) is 13.8. The molecule has 1 spiro atoms. The van der Waals surface area contributed by atoms with Crippen LogP contribution in [0.4, 0.5) is 0 Å². The maximum atomic E-state index is 11.4. The van der Waals surface area contributed by atoms with E-state index in [9.17, 15) is 9.90 Å². The van der Waals surface area contributed by atoms with E-state index in [1.165, 1.54) is 32.4 Å². The SMILES string of the molecule is CC1(C(=O)O)CCCC1N1CC2(CCC2)C1. The molecule has 1 N–H and O–H groups in total. The summed E-state index contributed by atoms with van der Waals surface area (Å²) in [5.74, 6) is -0.593. The van der Waals surface area contributed by atoms with Crippen LogP contribution in [0.2, 0.25) is 0 Å². The van der Waals surface area contributed by atoms with Crippen LogP contribution in [-0.2, 0) is 4.79 Å². The number of rotatable bonds is 2. The van der Waals surface area contributed by atoms with Crippen molar-refractivity contribution in [3.8, 4) is 0 Å². The van der Waals surface area contributed by atoms with Gasteiger partial charge < -0.3 is 5.11 Å². The Morgan fingerprint density at radius 1 is 1.25 bits per heavy atom. The minimum atomic E-state index is -0.593. The van der Waals surface area contributed by atoms with Crippen molar-refractivity contribution in [2.24, 2.45) is 10.8 Å². The number of likely N-dealkylation sites (tertiary alicyclic amines) is 1. The van der Waals surface area contributed by atoms with Gasteiger partial charge in [0.15, 0.2) is 0 Å². The fourth-order valence-corrected chi connectivity index (χ4v) is 4.01. The Morgan fingerprint density at radius 3 is 2.44 bits per heavy atom. The van der Waals surface area contributed by atoms with Crippen molar-refractivity contribution in [3.63, 3.8) is 0 Å². The normalized spacial score (nSPS) is 41.7. The van der Waals surface area contributed by atoms with Gasteiger partial charge in [0.2, 0.25) is 0 Å². The van der Waals surface area contributed by atoms with Crippen LogP contribution in [0.15, 0.2) is 0 Å². The second-order valence-corrected chi connectivity index (χ2v) is 6.39. The zero-order valence-electron chi connectivity index (χ0n) is 10.0. The summed E-state index contributed by atoms with van der Waals surface area (Å²) in [6, 6.07) is 0.302. The van der Waals surface area contributed by atoms with E-state index in [4.69, 9.17) is 0 Å². The first kappa shape index (κ1) is 10.6. The fraction of sp³-hybridized carbons (Fsp3) is 0.923. The Bertz CT molecular complexity index is 316. The van der Waals surface area contributed by atoms with Gasteiger partial charge in [-0.15, -0.1) is 0 Å². The monoisotopic (exact) mass is 223 g/mol. The van der Waals surface area contributed by atoms with Crippen LogP contribution >= 0.6 is 0 Å². The van der Waals surface area contributed by atoms with E-state index in [-0.39, 0.29) is 0 Å². The molecule has 1 saturated heterocycles. The van der Waals surface area contributed by atoms with Gasteiger partial charge in [0.25, 0.3) is 0 Å². The summed E-state index contributed by atoms with van der Waals surface area (Å²) in [6.45, 7) is 4.28. The smallest absolute Gasteiger partial charge is 0.310 e. The molecule has 3 rings (SSSR count). The largest absolute Gasteiger partial charge is 0.481 e. The third-order valence-corrected chi connectivity index (χ3v) is 5.33. The van der Waals surface area contributed by atoms with Crippen molar-refractivity contribution in [1.82, 2.24) is 4.90 Å². The molecule has 2 saturated carbocycles. The summed E-state index contributed by atoms with van der Waals surface area (Å²) in [6.07, 6.45) is 7.15. The molecule has 0 amide bonds. The number of carboxylic acid groups (broad SMARTS) is 1. The first-order valence-corrected chi connectivity index (χ1v) is 6.53. The summed E-state index contributed by atoms with van der Waals surface area (Å²) < 4.78 is 0. The van der Waals surface area contributed by atoms with Crippen LogP contribution < -0.4 is 0 Å². The minimum Gasteiger partial charge on any atom is -0.481 e. The molecule has 16 heavy (non-hydrogen) atoms. The molecule has 1 aliphatic heterocycles. The highest BCUT2D eigenvalue weighted by Gasteiger charge is 2.55. The molecule has 3 fully saturated rings. The lowest BCUT2D eigenvalue weighted by molar-refractivity contribution is -0.158. The van der Waals surface area contributed by atoms with Gasteiger partial charge in [-0.3, -0.25) is 9.69 Å². The van der Waals surface area contributed by atoms with Crippen LogP contribution in [0.5, 0.6) is 0 Å². The van der Waals surface area contributed by atoms with Gasteiger partial charge in [-0.2, -0.15) is 0 Å². The molecule has 3 aliphatic rings. The van der Waals surface area contributed by atoms with Gasteiger partial charge in [-0.05, 0) is 38.0 Å². The van der Waals surface area contributed by atoms with E-state index in [1.54, 1.807) is 0 Å². The van der Waals surface area contributed by atoms with Crippen molar-refractivity contribution >= 4 is 5.97 Å². The van der Waals surface area contributed by atoms with E-state index < -0.39 is 11.4 Å². The van der Waals surface area contributed by atoms with Crippen LogP contribution in [-0.4, -0.2) is 35.1 Å². The summed E-state index contributed by atoms with van der Waals surface area (Å²) >= 11 is 0. The molecule has 0 radical (unpaired) electrons. The standard InChI is InChI=1S/C13H21NO2/c1-12(11(15)16)5-2-4-10(12)14-8-13(9-14)6-3-7-13/h10H,2-9H2,1H3,(H,15,16). The van der Waals surface area contributed by atoms with Gasteiger partial charge in [-0.1, -0.05) is 12.8 Å². The summed E-state index contributed by atoms with van der Waals surface area (Å²) in [5, 5.41) is 9.39. The fourth-order valence-electron chi connectivity index (χ4n) is 4.01. The zero-order chi connectivity index (χ0) is 11.4. The average Bonchev–Trinajstić information content (AvgIpc) is 2.45. The molecular weight excluding hydrogens is 202 g/mol. The molecule has 0 bridgehead atoms. The van der Waals surface area contributed by atoms with Crippen LogP contribution in [0.25, 0.3) is 0 Å². The topological polar surface area (TPSA) is 40.5 Å². The Morgan fingerprint density at radius 2 is 1.94 bits per heavy atom. The van der Waals surface area contributed by atoms with E-state index >= 15 is 0 Å². The van der Waals surface area contributed by atoms with E-state index in [1.807, 2.05) is 6.92 Å². The van der Waals surface area contributed by atoms with Crippen molar-refractivity contribution in [2.45, 2.75) is 51.5 Å². The highest BCUT2D eigenvalue weighted by molar-refractivity contribution is 5.75. The Hall–Kier alpha value is -0.570. The molecule has 1 heterocycles. The third kappa shape index (κ3) is 1.27. The highest BCUT2D eigenvalue weighted by atomic mass is 16.4. The molecule has 2 unspecified atom stereocenters. The summed E-state index contributed by atoms with van der Waals surface area (Å²) in [7, 11) is 0. The average molecular weight is 223 g/mol. The zero-order valence-corrected chi connectivity index (χ0v) is 10.0. The Labute approximate surface area is 96.8 Å². The minimum absolute atomic E-state index is 0.302. The lowest BCUT2D eigenvalue weighted by Crippen LogP contribution is -2.65. The number of nitrogens with zero attached hydrogens (tertiary/aromatic N) is 1. The quantitative estimate of drug-likeness (QED) is 0.779. The molecule has 2 aliphatic carbocycles. The summed E-state index contributed by atoms with van der Waals surface area (Å²) in [5.41, 5.74) is 0.132. The van der Waals surface area contributed by atoms with Crippen molar-refractivity contribution in [1.29, 1.82) is 0 Å². The number of hydrogen-bond acceptors (Lipinski definition) is 2. The molecule has 0 aromatic heterocycles. The second kappa shape index (κ2) is 3.22. The van der Waals surface area contributed by atoms with E-state index in [0.717, 1.165) is 19.3 Å². The Kier molecular flexibility index (Phi) is 2.13. The maximum absolute atomic E-state index is 11.4. The van der Waals surface area contributed by atoms with Gasteiger partial charge in [0.1, 0.15) is 0 Å². The number of aliphatic carboxylic acids is 1. The second-order valence-electron chi connectivity index (χ2n) is 6.39. The van der Waals surface area contributed by atoms with Crippen molar-refractivity contribution < 1.29 is 9.90 Å². The van der Waals surface area contributed by atoms with Gasteiger partial charge >= 0.3 is 5.97 Å². The van der Waals surface area contributed by atoms with Crippen molar-refractivity contribution in [3.05, 3.63) is 0 Å². The molecule has 0 aromatic rings. The molecule has 0 aromatic carbocycles. The number of hydrogen-bond donors (Lipinski definition) is 1. The molecule has 90 valence electrons. The first-order valence-electron chi connectivity index (χ1n) is 6.53. The van der Waals surface area contributed by atoms with Crippen LogP contribution in [0.1, 0.15) is 45.4 Å². The molecule has 2 atom stereocenters. The predicted octanol–water partition coefficient (Wildman–Crippen LogP) is 2.12. The lowest BCUT2D eigenvalue weighted by Gasteiger charge is -2.59. The predicted molar refractivity (Wildman–Crippen MR) is 61.2 cm³/mol. The molecule has 3 heteroatoms. The highest BCUT2D eigenvalue weighted by Crippen LogP contribution is 2.52. The van der Waals surface area contributed by atoms with Gasteiger partial charge in [0.05, 0.1) is 5.41 Å². The Balaban J connectivity index is 1.69. The maximum Gasteiger partial charge on any atom is 0.310 e. The van der Waals surface area contributed by atoms with Gasteiger partial charge in [0, 0.05) is 19.1 Å². The lowest BCUT2D eigenvalue weighted by atomic mass is 9.62. The van der Waals surface area contributed by atoms with Crippen molar-refractivity contribution in [2.75, 3.05) is 13.1 Å². The molecular formula is C13H21NO2. The van der Waals surface area contributed by atoms with Gasteiger partial charge in [-0.25, -0.2) is 0 Å². The van der Waals surface area contributed by atoms with Crippen LogP contribution in [0, 0.1) is 10.8 Å². The number of carbonyl (C=O) groups is 1. The van der Waals surface area contributed by atoms with Crippen LogP contribution in [0.3, 0.4) is 0 Å². The van der Waals surface area contributed by atoms with E-state index in [0.29, 0.717) is 11.5 Å². The van der Waals surface area contributed by atoms with E-state index in [2.05, 4.69) is 4.90 Å². The number of carboxylic acids is 1. The third-order valence-electron chi connectivity index (χ3n) is 5.33. The first-order chi connectivity index (χ1) is 7.56.